The van der Waals surface area contributed by atoms with Crippen LogP contribution >= 0.6 is 15.9 Å². The Kier molecular flexibility index (Phi) is 5.15. The largest absolute Gasteiger partial charge is 0.478 e. The van der Waals surface area contributed by atoms with Gasteiger partial charge in [-0.25, -0.2) is 4.79 Å². The standard InChI is InChI=1S/C12H15BrN2O3/c1-3-14-11(16)7-15(2)10-5-4-8(13)6-9(10)12(17)18/h4-6H,3,7H2,1-2H3,(H,14,16)(H,17,18). The first-order valence-electron chi connectivity index (χ1n) is 5.46. The second kappa shape index (κ2) is 6.39. The van der Waals surface area contributed by atoms with E-state index in [2.05, 4.69) is 21.2 Å². The third-order valence-corrected chi connectivity index (χ3v) is 2.85. The van der Waals surface area contributed by atoms with E-state index in [4.69, 9.17) is 5.11 Å². The van der Waals surface area contributed by atoms with E-state index in [0.717, 1.165) is 0 Å². The van der Waals surface area contributed by atoms with Crippen LogP contribution in [0, 0.1) is 0 Å². The highest BCUT2D eigenvalue weighted by Crippen LogP contribution is 2.23. The summed E-state index contributed by atoms with van der Waals surface area (Å²) in [5.74, 6) is -1.16. The van der Waals surface area contributed by atoms with E-state index in [0.29, 0.717) is 16.7 Å². The van der Waals surface area contributed by atoms with Crippen LogP contribution in [-0.2, 0) is 4.79 Å². The number of carboxylic acid groups (broad SMARTS) is 1. The molecular formula is C12H15BrN2O3. The van der Waals surface area contributed by atoms with Crippen molar-refractivity contribution in [1.29, 1.82) is 0 Å². The van der Waals surface area contributed by atoms with Crippen molar-refractivity contribution in [2.75, 3.05) is 25.0 Å². The number of benzene rings is 1. The fourth-order valence-corrected chi connectivity index (χ4v) is 1.93. The topological polar surface area (TPSA) is 69.6 Å². The molecular weight excluding hydrogens is 300 g/mol. The van der Waals surface area contributed by atoms with Crippen molar-refractivity contribution in [2.45, 2.75) is 6.92 Å². The predicted octanol–water partition coefficient (Wildman–Crippen LogP) is 1.72. The van der Waals surface area contributed by atoms with Gasteiger partial charge in [-0.3, -0.25) is 4.79 Å². The van der Waals surface area contributed by atoms with Crippen molar-refractivity contribution in [2.24, 2.45) is 0 Å². The molecule has 1 aromatic rings. The number of hydrogen-bond donors (Lipinski definition) is 2. The molecule has 0 saturated carbocycles. The van der Waals surface area contributed by atoms with Gasteiger partial charge in [-0.05, 0) is 25.1 Å². The van der Waals surface area contributed by atoms with Gasteiger partial charge >= 0.3 is 5.97 Å². The minimum Gasteiger partial charge on any atom is -0.478 e. The number of carbonyl (C=O) groups is 2. The number of aromatic carboxylic acids is 1. The minimum absolute atomic E-state index is 0.121. The van der Waals surface area contributed by atoms with Crippen LogP contribution in [-0.4, -0.2) is 37.1 Å². The van der Waals surface area contributed by atoms with Crippen molar-refractivity contribution in [3.63, 3.8) is 0 Å². The summed E-state index contributed by atoms with van der Waals surface area (Å²) in [6.07, 6.45) is 0. The highest BCUT2D eigenvalue weighted by atomic mass is 79.9. The number of nitrogens with one attached hydrogen (secondary N) is 1. The molecule has 0 aliphatic carbocycles. The van der Waals surface area contributed by atoms with E-state index in [-0.39, 0.29) is 18.0 Å². The summed E-state index contributed by atoms with van der Waals surface area (Å²) in [4.78, 5) is 24.2. The van der Waals surface area contributed by atoms with Crippen LogP contribution in [0.3, 0.4) is 0 Å². The maximum Gasteiger partial charge on any atom is 0.337 e. The summed E-state index contributed by atoms with van der Waals surface area (Å²) in [7, 11) is 1.69. The molecule has 0 saturated heterocycles. The fraction of sp³-hybridized carbons (Fsp3) is 0.333. The van der Waals surface area contributed by atoms with E-state index in [1.54, 1.807) is 24.1 Å². The highest BCUT2D eigenvalue weighted by Gasteiger charge is 2.15. The molecule has 5 nitrogen and oxygen atoms in total. The first kappa shape index (κ1) is 14.5. The van der Waals surface area contributed by atoms with E-state index < -0.39 is 5.97 Å². The number of anilines is 1. The van der Waals surface area contributed by atoms with Gasteiger partial charge in [0.15, 0.2) is 0 Å². The molecule has 0 heterocycles. The molecule has 1 amide bonds. The number of hydrogen-bond acceptors (Lipinski definition) is 3. The Balaban J connectivity index is 2.94. The van der Waals surface area contributed by atoms with Gasteiger partial charge in [-0.15, -0.1) is 0 Å². The number of amides is 1. The lowest BCUT2D eigenvalue weighted by molar-refractivity contribution is -0.119. The molecule has 0 aliphatic rings. The van der Waals surface area contributed by atoms with Crippen LogP contribution in [0.4, 0.5) is 5.69 Å². The summed E-state index contributed by atoms with van der Waals surface area (Å²) in [6, 6.07) is 4.94. The molecule has 0 fully saturated rings. The van der Waals surface area contributed by atoms with Crippen LogP contribution in [0.2, 0.25) is 0 Å². The molecule has 0 unspecified atom stereocenters. The van der Waals surface area contributed by atoms with Crippen molar-refractivity contribution in [1.82, 2.24) is 5.32 Å². The van der Waals surface area contributed by atoms with E-state index in [1.807, 2.05) is 6.92 Å². The molecule has 0 aliphatic heterocycles. The summed E-state index contributed by atoms with van der Waals surface area (Å²) in [5, 5.41) is 11.8. The van der Waals surface area contributed by atoms with Crippen LogP contribution in [0.25, 0.3) is 0 Å². The maximum atomic E-state index is 11.5. The van der Waals surface area contributed by atoms with Crippen molar-refractivity contribution < 1.29 is 14.7 Å². The molecule has 2 N–H and O–H groups in total. The quantitative estimate of drug-likeness (QED) is 0.868. The maximum absolute atomic E-state index is 11.5. The van der Waals surface area contributed by atoms with Gasteiger partial charge in [-0.2, -0.15) is 0 Å². The average molecular weight is 315 g/mol. The molecule has 0 aromatic heterocycles. The third-order valence-electron chi connectivity index (χ3n) is 2.35. The highest BCUT2D eigenvalue weighted by molar-refractivity contribution is 9.10. The third kappa shape index (κ3) is 3.73. The van der Waals surface area contributed by atoms with E-state index in [9.17, 15) is 9.59 Å². The molecule has 0 bridgehead atoms. The number of likely N-dealkylation sites (N-methyl/N-ethyl adjacent to an activating group) is 2. The predicted molar refractivity (Wildman–Crippen MR) is 73.1 cm³/mol. The second-order valence-corrected chi connectivity index (χ2v) is 4.69. The number of carboxylic acids is 1. The van der Waals surface area contributed by atoms with Gasteiger partial charge in [0.1, 0.15) is 0 Å². The van der Waals surface area contributed by atoms with Crippen LogP contribution in [0.15, 0.2) is 22.7 Å². The van der Waals surface area contributed by atoms with Gasteiger partial charge in [0.05, 0.1) is 17.8 Å². The number of nitrogens with zero attached hydrogens (tertiary/aromatic N) is 1. The Bertz CT molecular complexity index is 463. The fourth-order valence-electron chi connectivity index (χ4n) is 1.57. The van der Waals surface area contributed by atoms with Crippen molar-refractivity contribution in [3.05, 3.63) is 28.2 Å². The average Bonchev–Trinajstić information content (AvgIpc) is 2.28. The van der Waals surface area contributed by atoms with Gasteiger partial charge in [0, 0.05) is 18.1 Å². The Morgan fingerprint density at radius 2 is 2.11 bits per heavy atom. The Morgan fingerprint density at radius 3 is 2.67 bits per heavy atom. The molecule has 18 heavy (non-hydrogen) atoms. The zero-order valence-corrected chi connectivity index (χ0v) is 11.8. The van der Waals surface area contributed by atoms with Crippen LogP contribution < -0.4 is 10.2 Å². The summed E-state index contributed by atoms with van der Waals surface area (Å²) in [5.41, 5.74) is 0.674. The van der Waals surface area contributed by atoms with Gasteiger partial charge in [0.2, 0.25) is 5.91 Å². The lowest BCUT2D eigenvalue weighted by Crippen LogP contribution is -2.35. The second-order valence-electron chi connectivity index (χ2n) is 3.78. The first-order valence-corrected chi connectivity index (χ1v) is 6.25. The molecule has 1 aromatic carbocycles. The number of carbonyl (C=O) groups excluding carboxylic acids is 1. The van der Waals surface area contributed by atoms with E-state index >= 15 is 0 Å². The molecule has 1 rings (SSSR count). The SMILES string of the molecule is CCNC(=O)CN(C)c1ccc(Br)cc1C(=O)O. The molecule has 0 radical (unpaired) electrons. The number of rotatable bonds is 5. The van der Waals surface area contributed by atoms with E-state index in [1.165, 1.54) is 6.07 Å². The van der Waals surface area contributed by atoms with Crippen molar-refractivity contribution in [3.8, 4) is 0 Å². The Labute approximate surface area is 114 Å². The van der Waals surface area contributed by atoms with Gasteiger partial charge < -0.3 is 15.3 Å². The minimum atomic E-state index is -1.02. The first-order chi connectivity index (χ1) is 8.45. The summed E-state index contributed by atoms with van der Waals surface area (Å²) < 4.78 is 0.690. The summed E-state index contributed by atoms with van der Waals surface area (Å²) >= 11 is 3.23. The normalized spacial score (nSPS) is 9.94. The Morgan fingerprint density at radius 1 is 1.44 bits per heavy atom. The van der Waals surface area contributed by atoms with Crippen LogP contribution in [0.1, 0.15) is 17.3 Å². The van der Waals surface area contributed by atoms with Gasteiger partial charge in [0.25, 0.3) is 0 Å². The molecule has 0 atom stereocenters. The van der Waals surface area contributed by atoms with Crippen molar-refractivity contribution >= 4 is 33.5 Å². The molecule has 98 valence electrons. The van der Waals surface area contributed by atoms with Crippen LogP contribution in [0.5, 0.6) is 0 Å². The smallest absolute Gasteiger partial charge is 0.337 e. The molecule has 6 heteroatoms. The zero-order chi connectivity index (χ0) is 13.7. The lowest BCUT2D eigenvalue weighted by atomic mass is 10.1. The molecule has 0 spiro atoms. The Hall–Kier alpha value is -1.56. The zero-order valence-electron chi connectivity index (χ0n) is 10.2. The monoisotopic (exact) mass is 314 g/mol. The summed E-state index contributed by atoms with van der Waals surface area (Å²) in [6.45, 7) is 2.51. The number of halogens is 1. The lowest BCUT2D eigenvalue weighted by Gasteiger charge is -2.20. The van der Waals surface area contributed by atoms with Gasteiger partial charge in [-0.1, -0.05) is 15.9 Å².